The van der Waals surface area contributed by atoms with Gasteiger partial charge in [0, 0.05) is 34.6 Å². The van der Waals surface area contributed by atoms with Crippen LogP contribution in [0.15, 0.2) is 49.2 Å². The molecule has 0 saturated carbocycles. The van der Waals surface area contributed by atoms with Gasteiger partial charge in [0.05, 0.1) is 11.9 Å². The molecule has 0 atom stereocenters. The van der Waals surface area contributed by atoms with Crippen molar-refractivity contribution in [1.29, 1.82) is 0 Å². The molecule has 0 fully saturated rings. The van der Waals surface area contributed by atoms with E-state index >= 15 is 4.39 Å². The molecule has 0 aliphatic carbocycles. The lowest BCUT2D eigenvalue weighted by molar-refractivity contribution is -0.123. The largest absolute Gasteiger partial charge is 0.369 e. The number of halogens is 1. The molecule has 0 saturated heterocycles. The molecule has 142 valence electrons. The molecular formula is C22H20FN3O2. The predicted octanol–water partition coefficient (Wildman–Crippen LogP) is 3.64. The number of para-hydroxylation sites is 1. The number of benzene rings is 2. The highest BCUT2D eigenvalue weighted by molar-refractivity contribution is 6.13. The molecule has 6 heteroatoms. The number of nitrogens with zero attached hydrogens (tertiary/aromatic N) is 1. The number of allylic oxidation sites excluding steroid dienone is 1. The van der Waals surface area contributed by atoms with Gasteiger partial charge in [-0.05, 0) is 42.2 Å². The first-order chi connectivity index (χ1) is 13.5. The summed E-state index contributed by atoms with van der Waals surface area (Å²) in [5.41, 5.74) is 8.65. The third-order valence-corrected chi connectivity index (χ3v) is 5.12. The van der Waals surface area contributed by atoms with Crippen LogP contribution < -0.4 is 5.73 Å². The maximum Gasteiger partial charge on any atom is 0.249 e. The van der Waals surface area contributed by atoms with Crippen LogP contribution in [0.1, 0.15) is 24.0 Å². The summed E-state index contributed by atoms with van der Waals surface area (Å²) in [6, 6.07) is 8.98. The van der Waals surface area contributed by atoms with Crippen molar-refractivity contribution >= 4 is 39.2 Å². The number of hydrogen-bond acceptors (Lipinski definition) is 2. The first-order valence-electron chi connectivity index (χ1n) is 9.13. The zero-order valence-corrected chi connectivity index (χ0v) is 15.3. The lowest BCUT2D eigenvalue weighted by Crippen LogP contribution is -2.28. The zero-order chi connectivity index (χ0) is 19.8. The van der Waals surface area contributed by atoms with E-state index in [2.05, 4.69) is 11.6 Å². The molecule has 0 radical (unpaired) electrons. The summed E-state index contributed by atoms with van der Waals surface area (Å²) in [6.07, 6.45) is 4.30. The van der Waals surface area contributed by atoms with Crippen molar-refractivity contribution in [2.75, 3.05) is 6.54 Å². The molecule has 1 aliphatic rings. The van der Waals surface area contributed by atoms with Crippen molar-refractivity contribution in [3.63, 3.8) is 0 Å². The van der Waals surface area contributed by atoms with Gasteiger partial charge in [0.1, 0.15) is 5.82 Å². The molecule has 0 unspecified atom stereocenters. The van der Waals surface area contributed by atoms with E-state index in [1.807, 2.05) is 24.3 Å². The number of nitrogens with two attached hydrogens (primary N) is 1. The van der Waals surface area contributed by atoms with Crippen LogP contribution >= 0.6 is 0 Å². The topological polar surface area (TPSA) is 79.2 Å². The van der Waals surface area contributed by atoms with Gasteiger partial charge in [-0.1, -0.05) is 24.8 Å². The summed E-state index contributed by atoms with van der Waals surface area (Å²) in [7, 11) is 0. The Bertz CT molecular complexity index is 1160. The quantitative estimate of drug-likeness (QED) is 0.681. The van der Waals surface area contributed by atoms with Crippen LogP contribution in [0.5, 0.6) is 0 Å². The Labute approximate surface area is 161 Å². The molecule has 1 aliphatic heterocycles. The van der Waals surface area contributed by atoms with Crippen LogP contribution in [0, 0.1) is 5.82 Å². The Morgan fingerprint density at radius 1 is 1.32 bits per heavy atom. The van der Waals surface area contributed by atoms with Crippen LogP contribution in [0.25, 0.3) is 27.4 Å². The minimum absolute atomic E-state index is 0.0549. The van der Waals surface area contributed by atoms with E-state index in [-0.39, 0.29) is 12.3 Å². The van der Waals surface area contributed by atoms with Crippen LogP contribution in [-0.4, -0.2) is 28.2 Å². The van der Waals surface area contributed by atoms with Crippen LogP contribution in [0.4, 0.5) is 4.39 Å². The molecule has 0 bridgehead atoms. The Kier molecular flexibility index (Phi) is 4.47. The predicted molar refractivity (Wildman–Crippen MR) is 108 cm³/mol. The fourth-order valence-electron chi connectivity index (χ4n) is 3.94. The third kappa shape index (κ3) is 2.97. The van der Waals surface area contributed by atoms with Gasteiger partial charge in [-0.3, -0.25) is 9.59 Å². The smallest absolute Gasteiger partial charge is 0.249 e. The van der Waals surface area contributed by atoms with E-state index in [1.54, 1.807) is 11.1 Å². The highest BCUT2D eigenvalue weighted by atomic mass is 19.1. The first-order valence-corrected chi connectivity index (χ1v) is 9.13. The molecule has 2 amide bonds. The standard InChI is InChI=1S/C22H20FN3O2/c1-2-19(28)26-9-5-6-13(12-26)20-16(23)10-14(11-18(24)27)22-21(20)15-7-3-4-8-17(15)25-22/h2-4,7-8,10,12,25H,1,5-6,9,11H2,(H2,24,27). The number of H-pyrrole nitrogens is 1. The molecule has 28 heavy (non-hydrogen) atoms. The number of aromatic amines is 1. The second kappa shape index (κ2) is 6.96. The highest BCUT2D eigenvalue weighted by Crippen LogP contribution is 2.38. The average Bonchev–Trinajstić information content (AvgIpc) is 3.07. The zero-order valence-electron chi connectivity index (χ0n) is 15.3. The lowest BCUT2D eigenvalue weighted by Gasteiger charge is -2.25. The van der Waals surface area contributed by atoms with Crippen molar-refractivity contribution in [1.82, 2.24) is 9.88 Å². The van der Waals surface area contributed by atoms with E-state index in [1.165, 1.54) is 12.1 Å². The number of nitrogens with one attached hydrogen (secondary N) is 1. The Morgan fingerprint density at radius 2 is 2.11 bits per heavy atom. The van der Waals surface area contributed by atoms with Gasteiger partial charge in [0.15, 0.2) is 0 Å². The summed E-state index contributed by atoms with van der Waals surface area (Å²) in [6.45, 7) is 4.11. The van der Waals surface area contributed by atoms with E-state index in [4.69, 9.17) is 5.73 Å². The number of hydrogen-bond donors (Lipinski definition) is 2. The van der Waals surface area contributed by atoms with E-state index in [0.717, 1.165) is 22.9 Å². The highest BCUT2D eigenvalue weighted by Gasteiger charge is 2.23. The van der Waals surface area contributed by atoms with Crippen molar-refractivity contribution in [2.24, 2.45) is 5.73 Å². The third-order valence-electron chi connectivity index (χ3n) is 5.12. The summed E-state index contributed by atoms with van der Waals surface area (Å²) in [5, 5.41) is 1.58. The number of primary amides is 1. The van der Waals surface area contributed by atoms with E-state index < -0.39 is 11.7 Å². The van der Waals surface area contributed by atoms with Crippen LogP contribution in [0.2, 0.25) is 0 Å². The second-order valence-corrected chi connectivity index (χ2v) is 6.95. The molecule has 1 aromatic heterocycles. The van der Waals surface area contributed by atoms with Crippen molar-refractivity contribution in [2.45, 2.75) is 19.3 Å². The van der Waals surface area contributed by atoms with Crippen LogP contribution in [-0.2, 0) is 16.0 Å². The Hall–Kier alpha value is -3.41. The van der Waals surface area contributed by atoms with Gasteiger partial charge in [-0.25, -0.2) is 4.39 Å². The minimum Gasteiger partial charge on any atom is -0.369 e. The fraction of sp³-hybridized carbons (Fsp3) is 0.182. The SMILES string of the molecule is C=CC(=O)N1C=C(c2c(F)cc(CC(N)=O)c3[nH]c4ccccc4c23)CCC1. The minimum atomic E-state index is -0.522. The van der Waals surface area contributed by atoms with Crippen molar-refractivity contribution in [3.05, 3.63) is 66.1 Å². The number of rotatable bonds is 4. The van der Waals surface area contributed by atoms with Crippen molar-refractivity contribution < 1.29 is 14.0 Å². The fourth-order valence-corrected chi connectivity index (χ4v) is 3.94. The summed E-state index contributed by atoms with van der Waals surface area (Å²) in [5.74, 6) is -1.16. The summed E-state index contributed by atoms with van der Waals surface area (Å²) < 4.78 is 15.3. The monoisotopic (exact) mass is 377 g/mol. The number of fused-ring (bicyclic) bond motifs is 3. The van der Waals surface area contributed by atoms with Gasteiger partial charge in [-0.2, -0.15) is 0 Å². The molecule has 2 heterocycles. The van der Waals surface area contributed by atoms with Gasteiger partial charge < -0.3 is 15.6 Å². The van der Waals surface area contributed by atoms with Gasteiger partial charge >= 0.3 is 0 Å². The average molecular weight is 377 g/mol. The van der Waals surface area contributed by atoms with Gasteiger partial charge in [0.2, 0.25) is 11.8 Å². The molecule has 5 nitrogen and oxygen atoms in total. The maximum atomic E-state index is 15.3. The number of aromatic nitrogens is 1. The number of amides is 2. The second-order valence-electron chi connectivity index (χ2n) is 6.95. The summed E-state index contributed by atoms with van der Waals surface area (Å²) >= 11 is 0. The lowest BCUT2D eigenvalue weighted by atomic mass is 9.92. The Balaban J connectivity index is 2.02. The van der Waals surface area contributed by atoms with Gasteiger partial charge in [0.25, 0.3) is 0 Å². The van der Waals surface area contributed by atoms with Crippen LogP contribution in [0.3, 0.4) is 0 Å². The molecule has 2 aromatic carbocycles. The number of carbonyl (C=O) groups excluding carboxylic acids is 2. The Morgan fingerprint density at radius 3 is 2.86 bits per heavy atom. The van der Waals surface area contributed by atoms with Gasteiger partial charge in [-0.15, -0.1) is 0 Å². The molecule has 3 N–H and O–H groups in total. The molecule has 0 spiro atoms. The molecular weight excluding hydrogens is 357 g/mol. The normalized spacial score (nSPS) is 14.3. The van der Waals surface area contributed by atoms with E-state index in [9.17, 15) is 9.59 Å². The number of carbonyl (C=O) groups is 2. The summed E-state index contributed by atoms with van der Waals surface area (Å²) in [4.78, 5) is 28.4. The molecule has 4 rings (SSSR count). The van der Waals surface area contributed by atoms with E-state index in [0.29, 0.717) is 35.0 Å². The molecule has 3 aromatic rings. The maximum absolute atomic E-state index is 15.3. The first kappa shape index (κ1) is 18.0. The van der Waals surface area contributed by atoms with Crippen molar-refractivity contribution in [3.8, 4) is 0 Å².